The number of aliphatic hydroxyl groups excluding tert-OH is 1. The molecular weight excluding hydrogens is 466 g/mol. The zero-order valence-corrected chi connectivity index (χ0v) is 19.9. The number of nitrogens with one attached hydrogen (secondary N) is 3. The van der Waals surface area contributed by atoms with E-state index in [0.29, 0.717) is 6.42 Å². The van der Waals surface area contributed by atoms with E-state index in [1.165, 1.54) is 0 Å². The van der Waals surface area contributed by atoms with Crippen LogP contribution >= 0.6 is 0 Å². The van der Waals surface area contributed by atoms with Crippen molar-refractivity contribution >= 4 is 35.6 Å². The fourth-order valence-corrected chi connectivity index (χ4v) is 2.90. The van der Waals surface area contributed by atoms with E-state index in [2.05, 4.69) is 20.9 Å². The molecule has 3 amide bonds. The summed E-state index contributed by atoms with van der Waals surface area (Å²) < 4.78 is 0. The van der Waals surface area contributed by atoms with Crippen LogP contribution in [0, 0.1) is 5.92 Å². The van der Waals surface area contributed by atoms with Crippen LogP contribution in [0.4, 0.5) is 0 Å². The summed E-state index contributed by atoms with van der Waals surface area (Å²) in [4.78, 5) is 63.8. The van der Waals surface area contributed by atoms with Crippen molar-refractivity contribution in [3.8, 4) is 0 Å². The fourth-order valence-electron chi connectivity index (χ4n) is 2.90. The molecule has 0 spiro atoms. The maximum Gasteiger partial charge on any atom is 0.328 e. The minimum Gasteiger partial charge on any atom is -0.481 e. The molecule has 0 radical (unpaired) electrons. The third kappa shape index (κ3) is 13.7. The van der Waals surface area contributed by atoms with E-state index in [9.17, 15) is 24.0 Å². The number of carboxylic acids is 2. The van der Waals surface area contributed by atoms with Crippen molar-refractivity contribution in [3.63, 3.8) is 0 Å². The minimum atomic E-state index is -1.58. The molecule has 0 fully saturated rings. The van der Waals surface area contributed by atoms with Crippen molar-refractivity contribution in [2.75, 3.05) is 13.2 Å². The summed E-state index contributed by atoms with van der Waals surface area (Å²) in [5.74, 6) is -5.29. The molecule has 15 nitrogen and oxygen atoms in total. The molecule has 0 aliphatic carbocycles. The monoisotopic (exact) mass is 503 g/mol. The predicted molar refractivity (Wildman–Crippen MR) is 125 cm³/mol. The lowest BCUT2D eigenvalue weighted by atomic mass is 10.0. The average molecular weight is 504 g/mol. The van der Waals surface area contributed by atoms with Crippen LogP contribution in [0.15, 0.2) is 4.99 Å². The number of aliphatic imine (C=N–C) groups is 1. The lowest BCUT2D eigenvalue weighted by molar-refractivity contribution is -0.143. The Balaban J connectivity index is 5.39. The van der Waals surface area contributed by atoms with Gasteiger partial charge in [0.1, 0.15) is 18.1 Å². The third-order valence-electron chi connectivity index (χ3n) is 4.72. The first-order valence-electron chi connectivity index (χ1n) is 11.1. The first-order valence-corrected chi connectivity index (χ1v) is 11.1. The molecule has 0 heterocycles. The number of guanidine groups is 1. The molecule has 4 unspecified atom stereocenters. The second-order valence-corrected chi connectivity index (χ2v) is 8.32. The Bertz CT molecular complexity index is 771. The Hall–Kier alpha value is -3.46. The van der Waals surface area contributed by atoms with Gasteiger partial charge in [-0.2, -0.15) is 0 Å². The number of carboxylic acid groups (broad SMARTS) is 2. The summed E-state index contributed by atoms with van der Waals surface area (Å²) in [6, 6.07) is -5.13. The van der Waals surface area contributed by atoms with Gasteiger partial charge in [-0.25, -0.2) is 4.79 Å². The van der Waals surface area contributed by atoms with Gasteiger partial charge in [0.2, 0.25) is 17.7 Å². The SMILES string of the molecule is CC(C)CC(NC(=O)C(CCC(=O)O)NC(=O)C(N)CCCN=C(N)N)C(=O)NC(CO)C(=O)O. The molecule has 35 heavy (non-hydrogen) atoms. The number of nitrogens with zero attached hydrogens (tertiary/aromatic N) is 1. The molecular formula is C20H37N7O8. The summed E-state index contributed by atoms with van der Waals surface area (Å²) in [5, 5.41) is 34.1. The van der Waals surface area contributed by atoms with E-state index in [1.807, 2.05) is 0 Å². The molecule has 0 aromatic heterocycles. The zero-order valence-electron chi connectivity index (χ0n) is 19.9. The standard InChI is InChI=1S/C20H37N7O8/c1-10(2)8-13(18(33)27-14(9-28)19(34)35)26-17(32)12(5-6-15(29)30)25-16(31)11(21)4-3-7-24-20(22)23/h10-14,28H,3-9,21H2,1-2H3,(H,25,31)(H,26,32)(H,27,33)(H,29,30)(H,34,35)(H4,22,23,24). The average Bonchev–Trinajstić information content (AvgIpc) is 2.75. The van der Waals surface area contributed by atoms with E-state index in [1.54, 1.807) is 13.8 Å². The molecule has 0 saturated heterocycles. The van der Waals surface area contributed by atoms with Crippen molar-refractivity contribution in [1.82, 2.24) is 16.0 Å². The number of carbonyl (C=O) groups excluding carboxylic acids is 3. The Kier molecular flexibility index (Phi) is 14.6. The number of rotatable bonds is 17. The van der Waals surface area contributed by atoms with Crippen LogP contribution in [0.25, 0.3) is 0 Å². The van der Waals surface area contributed by atoms with Crippen LogP contribution in [0.5, 0.6) is 0 Å². The van der Waals surface area contributed by atoms with E-state index in [0.717, 1.165) is 0 Å². The molecule has 0 aromatic carbocycles. The maximum atomic E-state index is 12.9. The number of amides is 3. The van der Waals surface area contributed by atoms with Gasteiger partial charge < -0.3 is 48.5 Å². The van der Waals surface area contributed by atoms with E-state index < -0.39 is 66.9 Å². The van der Waals surface area contributed by atoms with Crippen LogP contribution in [0.1, 0.15) is 46.0 Å². The molecule has 0 aliphatic heterocycles. The van der Waals surface area contributed by atoms with Crippen LogP contribution < -0.4 is 33.2 Å². The Morgan fingerprint density at radius 2 is 1.40 bits per heavy atom. The fraction of sp³-hybridized carbons (Fsp3) is 0.700. The number of hydrogen-bond donors (Lipinski definition) is 9. The number of aliphatic carboxylic acids is 2. The molecule has 0 aliphatic rings. The van der Waals surface area contributed by atoms with E-state index in [4.69, 9.17) is 32.5 Å². The molecule has 12 N–H and O–H groups in total. The van der Waals surface area contributed by atoms with E-state index >= 15 is 0 Å². The maximum absolute atomic E-state index is 12.9. The first-order chi connectivity index (χ1) is 16.3. The van der Waals surface area contributed by atoms with Gasteiger partial charge in [0, 0.05) is 13.0 Å². The summed E-state index contributed by atoms with van der Waals surface area (Å²) in [7, 11) is 0. The van der Waals surface area contributed by atoms with Gasteiger partial charge in [-0.3, -0.25) is 24.2 Å². The van der Waals surface area contributed by atoms with Gasteiger partial charge in [0.25, 0.3) is 0 Å². The van der Waals surface area contributed by atoms with Crippen molar-refractivity contribution in [3.05, 3.63) is 0 Å². The van der Waals surface area contributed by atoms with Gasteiger partial charge in [-0.1, -0.05) is 13.8 Å². The number of aliphatic hydroxyl groups is 1. The molecule has 4 atom stereocenters. The summed E-state index contributed by atoms with van der Waals surface area (Å²) in [6.07, 6.45) is -0.0568. The summed E-state index contributed by atoms with van der Waals surface area (Å²) in [6.45, 7) is 2.90. The second-order valence-electron chi connectivity index (χ2n) is 8.32. The third-order valence-corrected chi connectivity index (χ3v) is 4.72. The molecule has 0 rings (SSSR count). The van der Waals surface area contributed by atoms with Crippen LogP contribution in [0.2, 0.25) is 0 Å². The first kappa shape index (κ1) is 31.5. The topological polar surface area (TPSA) is 273 Å². The summed E-state index contributed by atoms with van der Waals surface area (Å²) in [5.41, 5.74) is 16.3. The quantitative estimate of drug-likeness (QED) is 0.0541. The Labute approximate surface area is 202 Å². The Morgan fingerprint density at radius 3 is 1.89 bits per heavy atom. The highest BCUT2D eigenvalue weighted by Gasteiger charge is 2.30. The van der Waals surface area contributed by atoms with Gasteiger partial charge in [-0.15, -0.1) is 0 Å². The Morgan fingerprint density at radius 1 is 0.857 bits per heavy atom. The molecule has 15 heteroatoms. The van der Waals surface area contributed by atoms with Gasteiger partial charge in [0.15, 0.2) is 5.96 Å². The van der Waals surface area contributed by atoms with Crippen molar-refractivity contribution in [2.45, 2.75) is 70.1 Å². The highest BCUT2D eigenvalue weighted by atomic mass is 16.4. The van der Waals surface area contributed by atoms with Crippen LogP contribution in [-0.2, 0) is 24.0 Å². The number of nitrogens with two attached hydrogens (primary N) is 3. The van der Waals surface area contributed by atoms with Crippen LogP contribution in [0.3, 0.4) is 0 Å². The highest BCUT2D eigenvalue weighted by Crippen LogP contribution is 2.08. The van der Waals surface area contributed by atoms with Gasteiger partial charge in [-0.05, 0) is 31.6 Å². The predicted octanol–water partition coefficient (Wildman–Crippen LogP) is -3.19. The van der Waals surface area contributed by atoms with Gasteiger partial charge in [0.05, 0.1) is 12.6 Å². The largest absolute Gasteiger partial charge is 0.481 e. The van der Waals surface area contributed by atoms with E-state index in [-0.39, 0.29) is 37.7 Å². The minimum absolute atomic E-state index is 0.103. The van der Waals surface area contributed by atoms with Crippen molar-refractivity contribution < 1.29 is 39.3 Å². The lowest BCUT2D eigenvalue weighted by Crippen LogP contribution is -2.57. The van der Waals surface area contributed by atoms with Gasteiger partial charge >= 0.3 is 11.9 Å². The normalized spacial score (nSPS) is 14.2. The van der Waals surface area contributed by atoms with Crippen LogP contribution in [-0.4, -0.2) is 88.3 Å². The zero-order chi connectivity index (χ0) is 27.1. The summed E-state index contributed by atoms with van der Waals surface area (Å²) >= 11 is 0. The lowest BCUT2D eigenvalue weighted by Gasteiger charge is -2.25. The molecule has 0 bridgehead atoms. The molecule has 200 valence electrons. The number of hydrogen-bond acceptors (Lipinski definition) is 8. The second kappa shape index (κ2) is 16.2. The van der Waals surface area contributed by atoms with Crippen molar-refractivity contribution in [2.24, 2.45) is 28.1 Å². The smallest absolute Gasteiger partial charge is 0.328 e. The number of carbonyl (C=O) groups is 5. The van der Waals surface area contributed by atoms with Crippen molar-refractivity contribution in [1.29, 1.82) is 0 Å². The molecule has 0 saturated carbocycles. The highest BCUT2D eigenvalue weighted by molar-refractivity contribution is 5.94. The molecule has 0 aromatic rings.